The number of aromatic nitrogens is 1. The molecule has 2 amide bonds. The van der Waals surface area contributed by atoms with Gasteiger partial charge in [0.1, 0.15) is 17.4 Å². The Morgan fingerprint density at radius 1 is 1.00 bits per heavy atom. The van der Waals surface area contributed by atoms with E-state index < -0.39 is 5.91 Å². The van der Waals surface area contributed by atoms with Crippen LogP contribution in [-0.4, -0.2) is 23.9 Å². The second kappa shape index (κ2) is 9.66. The summed E-state index contributed by atoms with van der Waals surface area (Å²) >= 11 is 0. The van der Waals surface area contributed by atoms with E-state index in [1.165, 1.54) is 6.08 Å². The fraction of sp³-hybridized carbons (Fsp3) is 0.0435. The molecular formula is C23H18N4O3. The van der Waals surface area contributed by atoms with Gasteiger partial charge in [-0.3, -0.25) is 14.6 Å². The van der Waals surface area contributed by atoms with Crippen LogP contribution >= 0.6 is 0 Å². The van der Waals surface area contributed by atoms with E-state index in [1.54, 1.807) is 80.2 Å². The number of carbonyl (C=O) groups excluding carboxylic acids is 2. The van der Waals surface area contributed by atoms with Crippen LogP contribution in [-0.2, 0) is 4.79 Å². The molecule has 3 aromatic rings. The molecule has 1 heterocycles. The van der Waals surface area contributed by atoms with Crippen LogP contribution in [0.5, 0.6) is 5.75 Å². The third kappa shape index (κ3) is 5.30. The molecule has 7 heteroatoms. The Morgan fingerprint density at radius 2 is 1.73 bits per heavy atom. The number of methoxy groups -OCH3 is 1. The molecule has 1 aromatic heterocycles. The molecule has 0 saturated carbocycles. The van der Waals surface area contributed by atoms with E-state index in [4.69, 9.17) is 4.74 Å². The molecule has 0 aliphatic heterocycles. The number of hydrogen-bond donors (Lipinski definition) is 2. The highest BCUT2D eigenvalue weighted by Gasteiger charge is 2.10. The summed E-state index contributed by atoms with van der Waals surface area (Å²) in [5.41, 5.74) is 2.09. The van der Waals surface area contributed by atoms with Crippen LogP contribution in [0, 0.1) is 11.3 Å². The third-order valence-electron chi connectivity index (χ3n) is 4.11. The van der Waals surface area contributed by atoms with Gasteiger partial charge in [0.2, 0.25) is 0 Å². The van der Waals surface area contributed by atoms with Crippen LogP contribution in [0.4, 0.5) is 11.4 Å². The molecule has 148 valence electrons. The van der Waals surface area contributed by atoms with Crippen molar-refractivity contribution in [2.24, 2.45) is 0 Å². The Balaban J connectivity index is 1.73. The topological polar surface area (TPSA) is 104 Å². The molecule has 2 N–H and O–H groups in total. The van der Waals surface area contributed by atoms with Crippen LogP contribution in [0.15, 0.2) is 78.6 Å². The predicted molar refractivity (Wildman–Crippen MR) is 114 cm³/mol. The maximum absolute atomic E-state index is 12.4. The SMILES string of the molecule is COc1ccc(C(=O)Nc2cccc(/C=C(\C#N)C(=O)Nc3ccncc3)c2)cc1. The smallest absolute Gasteiger partial charge is 0.266 e. The number of hydrogen-bond acceptors (Lipinski definition) is 5. The van der Waals surface area contributed by atoms with Crippen LogP contribution in [0.2, 0.25) is 0 Å². The van der Waals surface area contributed by atoms with Gasteiger partial charge >= 0.3 is 0 Å². The first kappa shape index (κ1) is 20.3. The lowest BCUT2D eigenvalue weighted by atomic mass is 10.1. The Morgan fingerprint density at radius 3 is 2.40 bits per heavy atom. The largest absolute Gasteiger partial charge is 0.497 e. The van der Waals surface area contributed by atoms with Gasteiger partial charge in [-0.05, 0) is 60.2 Å². The van der Waals surface area contributed by atoms with E-state index >= 15 is 0 Å². The molecule has 0 fully saturated rings. The summed E-state index contributed by atoms with van der Waals surface area (Å²) in [6, 6.07) is 18.8. The van der Waals surface area contributed by atoms with Gasteiger partial charge in [0.05, 0.1) is 7.11 Å². The van der Waals surface area contributed by atoms with Crippen LogP contribution < -0.4 is 15.4 Å². The normalized spacial score (nSPS) is 10.6. The molecular weight excluding hydrogens is 380 g/mol. The van der Waals surface area contributed by atoms with Crippen molar-refractivity contribution in [2.45, 2.75) is 0 Å². The number of rotatable bonds is 6. The minimum absolute atomic E-state index is 0.0644. The quantitative estimate of drug-likeness (QED) is 0.484. The zero-order valence-electron chi connectivity index (χ0n) is 16.1. The molecule has 0 saturated heterocycles. The lowest BCUT2D eigenvalue weighted by Crippen LogP contribution is -2.13. The number of nitrogens with zero attached hydrogens (tertiary/aromatic N) is 2. The number of nitriles is 1. The Hall–Kier alpha value is -4.44. The summed E-state index contributed by atoms with van der Waals surface area (Å²) in [7, 11) is 1.56. The lowest BCUT2D eigenvalue weighted by Gasteiger charge is -2.07. The van der Waals surface area contributed by atoms with Gasteiger partial charge in [-0.1, -0.05) is 12.1 Å². The summed E-state index contributed by atoms with van der Waals surface area (Å²) in [5.74, 6) is -0.154. The van der Waals surface area contributed by atoms with Gasteiger partial charge in [-0.25, -0.2) is 0 Å². The fourth-order valence-corrected chi connectivity index (χ4v) is 2.60. The van der Waals surface area contributed by atoms with Gasteiger partial charge in [-0.2, -0.15) is 5.26 Å². The minimum Gasteiger partial charge on any atom is -0.497 e. The van der Waals surface area contributed by atoms with Crippen LogP contribution in [0.3, 0.4) is 0 Å². The zero-order valence-corrected chi connectivity index (χ0v) is 16.1. The first-order chi connectivity index (χ1) is 14.6. The Bertz CT molecular complexity index is 1120. The number of pyridine rings is 1. The van der Waals surface area contributed by atoms with E-state index in [9.17, 15) is 14.9 Å². The summed E-state index contributed by atoms with van der Waals surface area (Å²) in [6.07, 6.45) is 4.54. The van der Waals surface area contributed by atoms with Gasteiger partial charge in [-0.15, -0.1) is 0 Å². The monoisotopic (exact) mass is 398 g/mol. The number of carbonyl (C=O) groups is 2. The highest BCUT2D eigenvalue weighted by molar-refractivity contribution is 6.10. The summed E-state index contributed by atoms with van der Waals surface area (Å²) in [4.78, 5) is 28.6. The fourth-order valence-electron chi connectivity index (χ4n) is 2.60. The highest BCUT2D eigenvalue weighted by atomic mass is 16.5. The molecule has 0 aliphatic carbocycles. The number of benzene rings is 2. The average molecular weight is 398 g/mol. The first-order valence-corrected chi connectivity index (χ1v) is 8.97. The van der Waals surface area contributed by atoms with E-state index in [1.807, 2.05) is 6.07 Å². The van der Waals surface area contributed by atoms with Crippen molar-refractivity contribution in [1.29, 1.82) is 5.26 Å². The standard InChI is InChI=1S/C23H18N4O3/c1-30-21-7-5-17(6-8-21)22(28)27-20-4-2-3-16(14-20)13-18(15-24)23(29)26-19-9-11-25-12-10-19/h2-14H,1H3,(H,27,28)(H,25,26,29)/b18-13+. The first-order valence-electron chi connectivity index (χ1n) is 8.97. The highest BCUT2D eigenvalue weighted by Crippen LogP contribution is 2.17. The molecule has 0 radical (unpaired) electrons. The van der Waals surface area contributed by atoms with Crippen molar-refractivity contribution in [2.75, 3.05) is 17.7 Å². The van der Waals surface area contributed by atoms with E-state index in [-0.39, 0.29) is 11.5 Å². The second-order valence-corrected chi connectivity index (χ2v) is 6.17. The molecule has 0 atom stereocenters. The maximum atomic E-state index is 12.4. The molecule has 3 rings (SSSR count). The van der Waals surface area contributed by atoms with E-state index in [2.05, 4.69) is 15.6 Å². The van der Waals surface area contributed by atoms with Gasteiger partial charge in [0.25, 0.3) is 11.8 Å². The molecule has 0 unspecified atom stereocenters. The van der Waals surface area contributed by atoms with Crippen molar-refractivity contribution in [3.05, 3.63) is 89.8 Å². The van der Waals surface area contributed by atoms with Crippen molar-refractivity contribution in [1.82, 2.24) is 4.98 Å². The Kier molecular flexibility index (Phi) is 6.54. The van der Waals surface area contributed by atoms with Crippen molar-refractivity contribution in [3.63, 3.8) is 0 Å². The number of ether oxygens (including phenoxy) is 1. The minimum atomic E-state index is -0.531. The van der Waals surface area contributed by atoms with Gasteiger partial charge < -0.3 is 15.4 Å². The third-order valence-corrected chi connectivity index (χ3v) is 4.11. The van der Waals surface area contributed by atoms with Crippen molar-refractivity contribution in [3.8, 4) is 11.8 Å². The number of anilines is 2. The van der Waals surface area contributed by atoms with Crippen LogP contribution in [0.25, 0.3) is 6.08 Å². The van der Waals surface area contributed by atoms with Crippen molar-refractivity contribution < 1.29 is 14.3 Å². The molecule has 0 bridgehead atoms. The van der Waals surface area contributed by atoms with E-state index in [0.29, 0.717) is 28.3 Å². The summed E-state index contributed by atoms with van der Waals surface area (Å²) in [6.45, 7) is 0. The van der Waals surface area contributed by atoms with E-state index in [0.717, 1.165) is 0 Å². The van der Waals surface area contributed by atoms with Crippen molar-refractivity contribution >= 4 is 29.3 Å². The summed E-state index contributed by atoms with van der Waals surface area (Å²) < 4.78 is 5.09. The molecule has 0 spiro atoms. The average Bonchev–Trinajstić information content (AvgIpc) is 2.78. The van der Waals surface area contributed by atoms with Gasteiger partial charge in [0.15, 0.2) is 0 Å². The predicted octanol–water partition coefficient (Wildman–Crippen LogP) is 3.89. The molecule has 30 heavy (non-hydrogen) atoms. The van der Waals surface area contributed by atoms with Crippen LogP contribution in [0.1, 0.15) is 15.9 Å². The zero-order chi connectivity index (χ0) is 21.3. The lowest BCUT2D eigenvalue weighted by molar-refractivity contribution is -0.112. The summed E-state index contributed by atoms with van der Waals surface area (Å²) in [5, 5.41) is 14.8. The molecule has 7 nitrogen and oxygen atoms in total. The number of nitrogens with one attached hydrogen (secondary N) is 2. The second-order valence-electron chi connectivity index (χ2n) is 6.17. The maximum Gasteiger partial charge on any atom is 0.266 e. The van der Waals surface area contributed by atoms with Gasteiger partial charge in [0, 0.05) is 29.3 Å². The molecule has 2 aromatic carbocycles. The Labute approximate surface area is 173 Å². The molecule has 0 aliphatic rings. The number of amides is 2.